The van der Waals surface area contributed by atoms with Gasteiger partial charge in [0.1, 0.15) is 5.82 Å². The lowest BCUT2D eigenvalue weighted by Gasteiger charge is -2.16. The SMILES string of the molecule is CC(CC(F)(F)F)NC(=O)c1cccc(F)c1Br. The van der Waals surface area contributed by atoms with E-state index in [1.807, 2.05) is 0 Å². The van der Waals surface area contributed by atoms with Crippen molar-refractivity contribution in [3.05, 3.63) is 34.1 Å². The highest BCUT2D eigenvalue weighted by Crippen LogP contribution is 2.23. The van der Waals surface area contributed by atoms with Gasteiger partial charge in [0.25, 0.3) is 5.91 Å². The molecule has 100 valence electrons. The Morgan fingerprint density at radius 2 is 2.06 bits per heavy atom. The minimum atomic E-state index is -4.36. The lowest BCUT2D eigenvalue weighted by molar-refractivity contribution is -0.138. The van der Waals surface area contributed by atoms with Crippen molar-refractivity contribution in [1.82, 2.24) is 5.32 Å². The second-order valence-electron chi connectivity index (χ2n) is 3.80. The van der Waals surface area contributed by atoms with Gasteiger partial charge in [0.05, 0.1) is 16.5 Å². The topological polar surface area (TPSA) is 29.1 Å². The van der Waals surface area contributed by atoms with E-state index in [9.17, 15) is 22.4 Å². The van der Waals surface area contributed by atoms with Crippen LogP contribution in [-0.4, -0.2) is 18.1 Å². The number of hydrogen-bond donors (Lipinski definition) is 1. The van der Waals surface area contributed by atoms with Gasteiger partial charge in [0.15, 0.2) is 0 Å². The molecule has 0 heterocycles. The summed E-state index contributed by atoms with van der Waals surface area (Å²) in [5.74, 6) is -1.40. The highest BCUT2D eigenvalue weighted by Gasteiger charge is 2.30. The molecule has 0 bridgehead atoms. The van der Waals surface area contributed by atoms with Crippen LogP contribution < -0.4 is 5.32 Å². The van der Waals surface area contributed by atoms with Crippen LogP contribution in [0.25, 0.3) is 0 Å². The van der Waals surface area contributed by atoms with E-state index in [2.05, 4.69) is 21.2 Å². The predicted octanol–water partition coefficient (Wildman–Crippen LogP) is 3.66. The lowest BCUT2D eigenvalue weighted by Crippen LogP contribution is -2.36. The lowest BCUT2D eigenvalue weighted by atomic mass is 10.1. The van der Waals surface area contributed by atoms with Crippen molar-refractivity contribution in [3.63, 3.8) is 0 Å². The van der Waals surface area contributed by atoms with Crippen LogP contribution in [0.5, 0.6) is 0 Å². The Balaban J connectivity index is 2.74. The summed E-state index contributed by atoms with van der Waals surface area (Å²) in [7, 11) is 0. The molecule has 0 aromatic heterocycles. The number of carbonyl (C=O) groups excluding carboxylic acids is 1. The molecule has 1 rings (SSSR count). The number of nitrogens with one attached hydrogen (secondary N) is 1. The molecule has 0 spiro atoms. The standard InChI is InChI=1S/C11H10BrF4NO/c1-6(5-11(14,15)16)17-10(18)7-3-2-4-8(13)9(7)12/h2-4,6H,5H2,1H3,(H,17,18). The molecule has 18 heavy (non-hydrogen) atoms. The van der Waals surface area contributed by atoms with E-state index in [0.717, 1.165) is 6.07 Å². The van der Waals surface area contributed by atoms with Crippen LogP contribution in [0.15, 0.2) is 22.7 Å². The molecule has 1 aromatic carbocycles. The van der Waals surface area contributed by atoms with Crippen LogP contribution in [0, 0.1) is 5.82 Å². The number of amides is 1. The van der Waals surface area contributed by atoms with E-state index in [4.69, 9.17) is 0 Å². The van der Waals surface area contributed by atoms with Gasteiger partial charge in [-0.3, -0.25) is 4.79 Å². The molecular formula is C11H10BrF4NO. The fraction of sp³-hybridized carbons (Fsp3) is 0.364. The van der Waals surface area contributed by atoms with Crippen molar-refractivity contribution in [2.45, 2.75) is 25.6 Å². The van der Waals surface area contributed by atoms with Crippen molar-refractivity contribution in [1.29, 1.82) is 0 Å². The van der Waals surface area contributed by atoms with E-state index in [0.29, 0.717) is 0 Å². The smallest absolute Gasteiger partial charge is 0.349 e. The molecule has 0 radical (unpaired) electrons. The number of alkyl halides is 3. The number of carbonyl (C=O) groups is 1. The quantitative estimate of drug-likeness (QED) is 0.843. The number of hydrogen-bond acceptors (Lipinski definition) is 1. The third kappa shape index (κ3) is 4.29. The van der Waals surface area contributed by atoms with E-state index in [1.54, 1.807) is 0 Å². The Morgan fingerprint density at radius 1 is 1.44 bits per heavy atom. The van der Waals surface area contributed by atoms with E-state index in [1.165, 1.54) is 19.1 Å². The van der Waals surface area contributed by atoms with Crippen LogP contribution >= 0.6 is 15.9 Å². The summed E-state index contributed by atoms with van der Waals surface area (Å²) >= 11 is 2.87. The molecule has 1 N–H and O–H groups in total. The molecule has 0 saturated heterocycles. The Hall–Kier alpha value is -1.11. The molecule has 1 aromatic rings. The minimum absolute atomic E-state index is 0.0379. The normalized spacial score (nSPS) is 13.2. The maximum absolute atomic E-state index is 13.1. The van der Waals surface area contributed by atoms with Crippen molar-refractivity contribution in [3.8, 4) is 0 Å². The third-order valence-electron chi connectivity index (χ3n) is 2.11. The molecule has 0 fully saturated rings. The fourth-order valence-corrected chi connectivity index (χ4v) is 1.82. The zero-order valence-electron chi connectivity index (χ0n) is 9.31. The summed E-state index contributed by atoms with van der Waals surface area (Å²) in [6.45, 7) is 1.23. The van der Waals surface area contributed by atoms with Crippen molar-refractivity contribution >= 4 is 21.8 Å². The van der Waals surface area contributed by atoms with Crippen LogP contribution in [-0.2, 0) is 0 Å². The summed E-state index contributed by atoms with van der Waals surface area (Å²) in [5, 5.41) is 2.17. The van der Waals surface area contributed by atoms with Crippen molar-refractivity contribution < 1.29 is 22.4 Å². The summed E-state index contributed by atoms with van der Waals surface area (Å²) in [6, 6.07) is 2.69. The zero-order chi connectivity index (χ0) is 13.9. The second-order valence-corrected chi connectivity index (χ2v) is 4.59. The predicted molar refractivity (Wildman–Crippen MR) is 61.7 cm³/mol. The van der Waals surface area contributed by atoms with Crippen LogP contribution in [0.4, 0.5) is 17.6 Å². The first-order valence-corrected chi connectivity index (χ1v) is 5.81. The maximum Gasteiger partial charge on any atom is 0.391 e. The Morgan fingerprint density at radius 3 is 2.61 bits per heavy atom. The molecule has 1 amide bonds. The Kier molecular flexibility index (Phi) is 4.72. The highest BCUT2D eigenvalue weighted by molar-refractivity contribution is 9.10. The largest absolute Gasteiger partial charge is 0.391 e. The summed E-state index contributed by atoms with van der Waals surface area (Å²) in [4.78, 5) is 11.6. The van der Waals surface area contributed by atoms with E-state index in [-0.39, 0.29) is 10.0 Å². The van der Waals surface area contributed by atoms with Crippen LogP contribution in [0.3, 0.4) is 0 Å². The zero-order valence-corrected chi connectivity index (χ0v) is 10.9. The van der Waals surface area contributed by atoms with Crippen LogP contribution in [0.1, 0.15) is 23.7 Å². The van der Waals surface area contributed by atoms with Crippen molar-refractivity contribution in [2.75, 3.05) is 0 Å². The number of benzene rings is 1. The first-order valence-electron chi connectivity index (χ1n) is 5.02. The van der Waals surface area contributed by atoms with Gasteiger partial charge in [-0.05, 0) is 35.0 Å². The first kappa shape index (κ1) is 14.9. The monoisotopic (exact) mass is 327 g/mol. The second kappa shape index (κ2) is 5.69. The Labute approximate surface area is 109 Å². The summed E-state index contributed by atoms with van der Waals surface area (Å²) < 4.78 is 49.3. The highest BCUT2D eigenvalue weighted by atomic mass is 79.9. The maximum atomic E-state index is 13.1. The van der Waals surface area contributed by atoms with Gasteiger partial charge in [-0.15, -0.1) is 0 Å². The molecule has 0 aliphatic carbocycles. The number of halogens is 5. The molecular weight excluding hydrogens is 318 g/mol. The summed E-state index contributed by atoms with van der Waals surface area (Å²) in [6.07, 6.45) is -5.49. The van der Waals surface area contributed by atoms with Crippen molar-refractivity contribution in [2.24, 2.45) is 0 Å². The number of rotatable bonds is 3. The van der Waals surface area contributed by atoms with E-state index < -0.39 is 30.4 Å². The van der Waals surface area contributed by atoms with Crippen LogP contribution in [0.2, 0.25) is 0 Å². The Bertz CT molecular complexity index is 447. The van der Waals surface area contributed by atoms with Gasteiger partial charge in [-0.2, -0.15) is 13.2 Å². The van der Waals surface area contributed by atoms with Gasteiger partial charge in [-0.1, -0.05) is 6.07 Å². The minimum Gasteiger partial charge on any atom is -0.349 e. The third-order valence-corrected chi connectivity index (χ3v) is 2.92. The van der Waals surface area contributed by atoms with Gasteiger partial charge in [-0.25, -0.2) is 4.39 Å². The van der Waals surface area contributed by atoms with Gasteiger partial charge in [0.2, 0.25) is 0 Å². The van der Waals surface area contributed by atoms with Gasteiger partial charge < -0.3 is 5.32 Å². The molecule has 1 unspecified atom stereocenters. The average Bonchev–Trinajstić information content (AvgIpc) is 2.18. The molecule has 2 nitrogen and oxygen atoms in total. The molecule has 0 saturated carbocycles. The molecule has 0 aliphatic heterocycles. The fourth-order valence-electron chi connectivity index (χ4n) is 1.38. The average molecular weight is 328 g/mol. The molecule has 1 atom stereocenters. The first-order chi connectivity index (χ1) is 8.20. The molecule has 7 heteroatoms. The van der Waals surface area contributed by atoms with Gasteiger partial charge in [0, 0.05) is 6.04 Å². The summed E-state index contributed by atoms with van der Waals surface area (Å²) in [5.41, 5.74) is -0.0379. The van der Waals surface area contributed by atoms with E-state index >= 15 is 0 Å². The van der Waals surface area contributed by atoms with Gasteiger partial charge >= 0.3 is 6.18 Å². The molecule has 0 aliphatic rings.